The summed E-state index contributed by atoms with van der Waals surface area (Å²) in [5, 5.41) is 6.53. The first-order valence-corrected chi connectivity index (χ1v) is 7.82. The van der Waals surface area contributed by atoms with Crippen molar-refractivity contribution in [1.29, 1.82) is 0 Å². The zero-order chi connectivity index (χ0) is 18.0. The molecule has 0 aliphatic carbocycles. The van der Waals surface area contributed by atoms with Gasteiger partial charge in [0.05, 0.1) is 32.1 Å². The first-order chi connectivity index (χ1) is 12.0. The Morgan fingerprint density at radius 3 is 2.88 bits per heavy atom. The molecule has 0 unspecified atom stereocenters. The third-order valence-electron chi connectivity index (χ3n) is 4.16. The van der Waals surface area contributed by atoms with E-state index in [0.717, 1.165) is 11.8 Å². The minimum Gasteiger partial charge on any atom is -0.496 e. The Hall–Kier alpha value is -2.48. The van der Waals surface area contributed by atoms with Gasteiger partial charge in [-0.2, -0.15) is 0 Å². The number of hydrogen-bond donors (Lipinski definition) is 1. The molecule has 3 rings (SSSR count). The number of aromatic nitrogens is 1. The summed E-state index contributed by atoms with van der Waals surface area (Å²) < 4.78 is 43.1. The van der Waals surface area contributed by atoms with Crippen LogP contribution in [0.3, 0.4) is 0 Å². The van der Waals surface area contributed by atoms with Crippen molar-refractivity contribution in [3.63, 3.8) is 0 Å². The van der Waals surface area contributed by atoms with Crippen LogP contribution in [0.4, 0.5) is 8.78 Å². The molecule has 25 heavy (non-hydrogen) atoms. The van der Waals surface area contributed by atoms with Gasteiger partial charge in [0.15, 0.2) is 11.6 Å². The highest BCUT2D eigenvalue weighted by Gasteiger charge is 2.32. The van der Waals surface area contributed by atoms with Crippen LogP contribution in [0, 0.1) is 24.5 Å². The number of aryl methyl sites for hydroxylation is 1. The smallest absolute Gasteiger partial charge is 0.258 e. The minimum atomic E-state index is -1.24. The predicted octanol–water partition coefficient (Wildman–Crippen LogP) is 2.26. The third-order valence-corrected chi connectivity index (χ3v) is 4.16. The van der Waals surface area contributed by atoms with E-state index in [2.05, 4.69) is 10.5 Å². The van der Waals surface area contributed by atoms with Gasteiger partial charge in [0.2, 0.25) is 0 Å². The molecule has 1 fully saturated rings. The highest BCUT2D eigenvalue weighted by Crippen LogP contribution is 2.25. The standard InChI is InChI=1S/C17H18F2N2O4/c1-9-5-11(25-21-9)6-10-7-24-8-13(10)20-17(22)15-14(23-2)4-3-12(18)16(15)19/h3-5,10,13H,6-8H2,1-2H3,(H,20,22)/t10-,13+/m1/s1. The summed E-state index contributed by atoms with van der Waals surface area (Å²) in [7, 11) is 1.29. The van der Waals surface area contributed by atoms with Crippen molar-refractivity contribution in [3.8, 4) is 5.75 Å². The maximum absolute atomic E-state index is 14.0. The van der Waals surface area contributed by atoms with E-state index in [1.54, 1.807) is 0 Å². The quantitative estimate of drug-likeness (QED) is 0.894. The molecule has 1 aliphatic heterocycles. The Bertz CT molecular complexity index is 778. The van der Waals surface area contributed by atoms with Gasteiger partial charge in [0.25, 0.3) is 5.91 Å². The molecule has 1 aromatic heterocycles. The molecule has 1 aromatic carbocycles. The molecule has 8 heteroatoms. The number of benzene rings is 1. The molecule has 0 radical (unpaired) electrons. The van der Waals surface area contributed by atoms with Gasteiger partial charge in [-0.15, -0.1) is 0 Å². The molecule has 2 atom stereocenters. The zero-order valence-electron chi connectivity index (χ0n) is 13.8. The van der Waals surface area contributed by atoms with Crippen LogP contribution in [0.5, 0.6) is 5.75 Å². The second kappa shape index (κ2) is 7.18. The molecular weight excluding hydrogens is 334 g/mol. The molecule has 6 nitrogen and oxygen atoms in total. The first-order valence-electron chi connectivity index (χ1n) is 7.82. The fourth-order valence-corrected chi connectivity index (χ4v) is 2.89. The molecule has 1 N–H and O–H groups in total. The molecule has 1 saturated heterocycles. The Morgan fingerprint density at radius 2 is 2.20 bits per heavy atom. The van der Waals surface area contributed by atoms with Gasteiger partial charge in [-0.3, -0.25) is 4.79 Å². The lowest BCUT2D eigenvalue weighted by Gasteiger charge is -2.19. The average molecular weight is 352 g/mol. The number of carbonyl (C=O) groups excluding carboxylic acids is 1. The number of rotatable bonds is 5. The van der Waals surface area contributed by atoms with E-state index >= 15 is 0 Å². The van der Waals surface area contributed by atoms with Crippen LogP contribution in [0.1, 0.15) is 21.8 Å². The van der Waals surface area contributed by atoms with Crippen molar-refractivity contribution in [2.24, 2.45) is 5.92 Å². The summed E-state index contributed by atoms with van der Waals surface area (Å²) >= 11 is 0. The molecule has 2 heterocycles. The van der Waals surface area contributed by atoms with Crippen LogP contribution in [0.15, 0.2) is 22.7 Å². The third kappa shape index (κ3) is 3.63. The summed E-state index contributed by atoms with van der Waals surface area (Å²) in [6.45, 7) is 2.52. The second-order valence-corrected chi connectivity index (χ2v) is 5.95. The molecule has 0 spiro atoms. The maximum atomic E-state index is 14.0. The molecule has 0 bridgehead atoms. The Morgan fingerprint density at radius 1 is 1.40 bits per heavy atom. The number of nitrogens with one attached hydrogen (secondary N) is 1. The summed E-state index contributed by atoms with van der Waals surface area (Å²) in [5.41, 5.74) is 0.310. The van der Waals surface area contributed by atoms with Crippen molar-refractivity contribution in [3.05, 3.63) is 46.9 Å². The van der Waals surface area contributed by atoms with Gasteiger partial charge in [0.1, 0.15) is 17.1 Å². The normalized spacial score (nSPS) is 19.8. The number of carbonyl (C=O) groups is 1. The van der Waals surface area contributed by atoms with Crippen molar-refractivity contribution in [2.45, 2.75) is 19.4 Å². The number of halogens is 2. The zero-order valence-corrected chi connectivity index (χ0v) is 13.8. The topological polar surface area (TPSA) is 73.6 Å². The van der Waals surface area contributed by atoms with Crippen LogP contribution < -0.4 is 10.1 Å². The van der Waals surface area contributed by atoms with Gasteiger partial charge in [-0.05, 0) is 19.1 Å². The van der Waals surface area contributed by atoms with E-state index in [4.69, 9.17) is 14.0 Å². The van der Waals surface area contributed by atoms with Gasteiger partial charge in [-0.25, -0.2) is 8.78 Å². The highest BCUT2D eigenvalue weighted by molar-refractivity contribution is 5.97. The van der Waals surface area contributed by atoms with Crippen molar-refractivity contribution in [1.82, 2.24) is 10.5 Å². The van der Waals surface area contributed by atoms with E-state index in [-0.39, 0.29) is 24.3 Å². The largest absolute Gasteiger partial charge is 0.496 e. The van der Waals surface area contributed by atoms with Crippen molar-refractivity contribution < 1.29 is 27.6 Å². The van der Waals surface area contributed by atoms with Crippen LogP contribution >= 0.6 is 0 Å². The molecule has 0 saturated carbocycles. The van der Waals surface area contributed by atoms with Gasteiger partial charge < -0.3 is 19.3 Å². The Balaban J connectivity index is 1.75. The fraction of sp³-hybridized carbons (Fsp3) is 0.412. The molecule has 134 valence electrons. The SMILES string of the molecule is COc1ccc(F)c(F)c1C(=O)N[C@H]1COC[C@H]1Cc1cc(C)no1. The number of ether oxygens (including phenoxy) is 2. The minimum absolute atomic E-state index is 0.0299. The molecule has 1 amide bonds. The van der Waals surface area contributed by atoms with Crippen LogP contribution in [0.25, 0.3) is 0 Å². The van der Waals surface area contributed by atoms with E-state index < -0.39 is 23.1 Å². The Kier molecular flexibility index (Phi) is 4.98. The monoisotopic (exact) mass is 352 g/mol. The maximum Gasteiger partial charge on any atom is 0.258 e. The van der Waals surface area contributed by atoms with E-state index in [0.29, 0.717) is 18.8 Å². The second-order valence-electron chi connectivity index (χ2n) is 5.95. The van der Waals surface area contributed by atoms with Crippen LogP contribution in [-0.2, 0) is 11.2 Å². The predicted molar refractivity (Wildman–Crippen MR) is 83.4 cm³/mol. The number of methoxy groups -OCH3 is 1. The first kappa shape index (κ1) is 17.3. The molecule has 1 aliphatic rings. The summed E-state index contributed by atoms with van der Waals surface area (Å²) in [4.78, 5) is 12.5. The van der Waals surface area contributed by atoms with Crippen molar-refractivity contribution >= 4 is 5.91 Å². The molecule has 2 aromatic rings. The lowest BCUT2D eigenvalue weighted by Crippen LogP contribution is -2.41. The van der Waals surface area contributed by atoms with E-state index in [1.807, 2.05) is 13.0 Å². The summed E-state index contributed by atoms with van der Waals surface area (Å²) in [6.07, 6.45) is 0.522. The Labute approximate surface area is 143 Å². The summed E-state index contributed by atoms with van der Waals surface area (Å²) in [5.74, 6) is -2.50. The number of hydrogen-bond acceptors (Lipinski definition) is 5. The van der Waals surface area contributed by atoms with Gasteiger partial charge in [0, 0.05) is 18.4 Å². The lowest BCUT2D eigenvalue weighted by molar-refractivity contribution is 0.0916. The van der Waals surface area contributed by atoms with E-state index in [1.165, 1.54) is 13.2 Å². The lowest BCUT2D eigenvalue weighted by atomic mass is 9.97. The number of amides is 1. The van der Waals surface area contributed by atoms with Crippen LogP contribution in [0.2, 0.25) is 0 Å². The van der Waals surface area contributed by atoms with Gasteiger partial charge >= 0.3 is 0 Å². The fourth-order valence-electron chi connectivity index (χ4n) is 2.89. The average Bonchev–Trinajstić information content (AvgIpc) is 3.19. The van der Waals surface area contributed by atoms with Crippen LogP contribution in [-0.4, -0.2) is 37.4 Å². The van der Waals surface area contributed by atoms with E-state index in [9.17, 15) is 13.6 Å². The summed E-state index contributed by atoms with van der Waals surface area (Å²) in [6, 6.07) is 3.59. The molecular formula is C17H18F2N2O4. The number of nitrogens with zero attached hydrogens (tertiary/aromatic N) is 1. The highest BCUT2D eigenvalue weighted by atomic mass is 19.2. The van der Waals surface area contributed by atoms with Gasteiger partial charge in [-0.1, -0.05) is 5.16 Å². The van der Waals surface area contributed by atoms with Crippen molar-refractivity contribution in [2.75, 3.05) is 20.3 Å².